The number of likely N-dealkylation sites (tertiary alicyclic amines) is 1. The molecule has 0 saturated carbocycles. The monoisotopic (exact) mass is 269 g/mol. The van der Waals surface area contributed by atoms with E-state index in [1.54, 1.807) is 11.8 Å². The molecular formula is C12H19N3O4. The molecule has 0 aromatic carbocycles. The van der Waals surface area contributed by atoms with Crippen LogP contribution in [-0.2, 0) is 9.59 Å². The molecule has 0 spiro atoms. The quantitative estimate of drug-likeness (QED) is 0.685. The van der Waals surface area contributed by atoms with Crippen LogP contribution in [0, 0.1) is 5.92 Å². The smallest absolute Gasteiger partial charge is 0.320 e. The average molecular weight is 269 g/mol. The molecule has 7 heteroatoms. The van der Waals surface area contributed by atoms with E-state index in [4.69, 9.17) is 5.11 Å². The molecule has 2 aliphatic heterocycles. The van der Waals surface area contributed by atoms with Crippen LogP contribution in [0.5, 0.6) is 0 Å². The van der Waals surface area contributed by atoms with Crippen molar-refractivity contribution in [2.75, 3.05) is 26.2 Å². The normalized spacial score (nSPS) is 27.9. The molecule has 106 valence electrons. The van der Waals surface area contributed by atoms with Gasteiger partial charge < -0.3 is 20.2 Å². The Kier molecular flexibility index (Phi) is 3.92. The zero-order valence-electron chi connectivity index (χ0n) is 11.0. The standard InChI is InChI=1S/C12H19N3O4/c1-8-10(16)13-4-6-15(8)12(19)14-5-2-3-9(7-14)11(17)18/h8-9H,2-7H2,1H3,(H,13,16)(H,17,18)/t8?,9-/m1/s1. The fraction of sp³-hybridized carbons (Fsp3) is 0.750. The van der Waals surface area contributed by atoms with Crippen molar-refractivity contribution < 1.29 is 19.5 Å². The number of carboxylic acid groups (broad SMARTS) is 1. The highest BCUT2D eigenvalue weighted by molar-refractivity contribution is 5.88. The van der Waals surface area contributed by atoms with Crippen molar-refractivity contribution in [3.05, 3.63) is 0 Å². The summed E-state index contributed by atoms with van der Waals surface area (Å²) in [6, 6.07) is -0.722. The van der Waals surface area contributed by atoms with Gasteiger partial charge in [-0.2, -0.15) is 0 Å². The molecule has 2 rings (SSSR count). The second kappa shape index (κ2) is 5.46. The Bertz CT molecular complexity index is 398. The van der Waals surface area contributed by atoms with Crippen molar-refractivity contribution in [3.63, 3.8) is 0 Å². The summed E-state index contributed by atoms with van der Waals surface area (Å²) in [5.41, 5.74) is 0. The Hall–Kier alpha value is -1.79. The number of carbonyl (C=O) groups is 3. The van der Waals surface area contributed by atoms with Gasteiger partial charge in [0.05, 0.1) is 5.92 Å². The van der Waals surface area contributed by atoms with Crippen molar-refractivity contribution in [1.82, 2.24) is 15.1 Å². The number of urea groups is 1. The molecule has 2 atom stereocenters. The number of rotatable bonds is 1. The van der Waals surface area contributed by atoms with Crippen molar-refractivity contribution in [2.45, 2.75) is 25.8 Å². The van der Waals surface area contributed by atoms with E-state index in [2.05, 4.69) is 5.32 Å². The second-order valence-corrected chi connectivity index (χ2v) is 5.07. The Morgan fingerprint density at radius 3 is 2.79 bits per heavy atom. The number of nitrogens with one attached hydrogen (secondary N) is 1. The predicted molar refractivity (Wildman–Crippen MR) is 66.5 cm³/mol. The molecular weight excluding hydrogens is 250 g/mol. The summed E-state index contributed by atoms with van der Waals surface area (Å²) in [4.78, 5) is 38.0. The van der Waals surface area contributed by atoms with Crippen molar-refractivity contribution in [1.29, 1.82) is 0 Å². The van der Waals surface area contributed by atoms with Gasteiger partial charge in [0, 0.05) is 26.2 Å². The van der Waals surface area contributed by atoms with Gasteiger partial charge in [-0.3, -0.25) is 9.59 Å². The number of hydrogen-bond acceptors (Lipinski definition) is 3. The lowest BCUT2D eigenvalue weighted by Gasteiger charge is -2.39. The number of piperidine rings is 1. The number of carbonyl (C=O) groups excluding carboxylic acids is 2. The third-order valence-electron chi connectivity index (χ3n) is 3.79. The first-order valence-electron chi connectivity index (χ1n) is 6.56. The van der Waals surface area contributed by atoms with Crippen LogP contribution < -0.4 is 5.32 Å². The summed E-state index contributed by atoms with van der Waals surface area (Å²) in [5, 5.41) is 11.7. The highest BCUT2D eigenvalue weighted by Gasteiger charge is 2.35. The first-order chi connectivity index (χ1) is 9.00. The van der Waals surface area contributed by atoms with Crippen molar-refractivity contribution >= 4 is 17.9 Å². The molecule has 2 N–H and O–H groups in total. The Morgan fingerprint density at radius 1 is 1.37 bits per heavy atom. The number of piperazine rings is 1. The maximum Gasteiger partial charge on any atom is 0.320 e. The molecule has 0 radical (unpaired) electrons. The molecule has 0 aliphatic carbocycles. The van der Waals surface area contributed by atoms with E-state index in [9.17, 15) is 14.4 Å². The van der Waals surface area contributed by atoms with Crippen LogP contribution in [0.2, 0.25) is 0 Å². The van der Waals surface area contributed by atoms with Crippen LogP contribution >= 0.6 is 0 Å². The topological polar surface area (TPSA) is 90.0 Å². The molecule has 3 amide bonds. The van der Waals surface area contributed by atoms with Crippen molar-refractivity contribution in [3.8, 4) is 0 Å². The fourth-order valence-corrected chi connectivity index (χ4v) is 2.58. The zero-order chi connectivity index (χ0) is 14.0. The van der Waals surface area contributed by atoms with Crippen LogP contribution in [0.25, 0.3) is 0 Å². The predicted octanol–water partition coefficient (Wildman–Crippen LogP) is -0.277. The van der Waals surface area contributed by atoms with E-state index in [0.29, 0.717) is 32.5 Å². The lowest BCUT2D eigenvalue weighted by molar-refractivity contribution is -0.143. The Morgan fingerprint density at radius 2 is 2.11 bits per heavy atom. The molecule has 0 aromatic heterocycles. The second-order valence-electron chi connectivity index (χ2n) is 5.07. The summed E-state index contributed by atoms with van der Waals surface area (Å²) >= 11 is 0. The van der Waals surface area contributed by atoms with Gasteiger partial charge in [0.2, 0.25) is 5.91 Å². The molecule has 1 unspecified atom stereocenters. The summed E-state index contributed by atoms with van der Waals surface area (Å²) in [6.07, 6.45) is 1.30. The van der Waals surface area contributed by atoms with Gasteiger partial charge in [-0.05, 0) is 19.8 Å². The first kappa shape index (κ1) is 13.6. The van der Waals surface area contributed by atoms with Gasteiger partial charge in [-0.15, -0.1) is 0 Å². The molecule has 2 heterocycles. The molecule has 0 aromatic rings. The van der Waals surface area contributed by atoms with E-state index in [1.807, 2.05) is 0 Å². The van der Waals surface area contributed by atoms with E-state index < -0.39 is 17.9 Å². The summed E-state index contributed by atoms with van der Waals surface area (Å²) in [7, 11) is 0. The van der Waals surface area contributed by atoms with Gasteiger partial charge in [-0.1, -0.05) is 0 Å². The number of amides is 3. The van der Waals surface area contributed by atoms with Gasteiger partial charge in [-0.25, -0.2) is 4.79 Å². The highest BCUT2D eigenvalue weighted by atomic mass is 16.4. The summed E-state index contributed by atoms with van der Waals surface area (Å²) < 4.78 is 0. The number of hydrogen-bond donors (Lipinski definition) is 2. The Labute approximate surface area is 111 Å². The Balaban J connectivity index is 2.02. The molecule has 2 aliphatic rings. The average Bonchev–Trinajstić information content (AvgIpc) is 2.41. The lowest BCUT2D eigenvalue weighted by atomic mass is 9.98. The molecule has 0 bridgehead atoms. The minimum atomic E-state index is -0.859. The lowest BCUT2D eigenvalue weighted by Crippen LogP contribution is -2.60. The zero-order valence-corrected chi connectivity index (χ0v) is 11.0. The molecule has 7 nitrogen and oxygen atoms in total. The number of nitrogens with zero attached hydrogens (tertiary/aromatic N) is 2. The summed E-state index contributed by atoms with van der Waals surface area (Å²) in [6.45, 7) is 3.41. The fourth-order valence-electron chi connectivity index (χ4n) is 2.58. The maximum atomic E-state index is 12.4. The van der Waals surface area contributed by atoms with E-state index in [1.165, 1.54) is 4.90 Å². The van der Waals surface area contributed by atoms with Gasteiger partial charge in [0.25, 0.3) is 0 Å². The minimum Gasteiger partial charge on any atom is -0.481 e. The SMILES string of the molecule is CC1C(=O)NCCN1C(=O)N1CCC[C@@H](C(=O)O)C1. The van der Waals surface area contributed by atoms with Crippen LogP contribution in [0.3, 0.4) is 0 Å². The minimum absolute atomic E-state index is 0.161. The molecule has 19 heavy (non-hydrogen) atoms. The number of aliphatic carboxylic acids is 1. The van der Waals surface area contributed by atoms with Gasteiger partial charge in [0.15, 0.2) is 0 Å². The van der Waals surface area contributed by atoms with Crippen LogP contribution in [-0.4, -0.2) is 65.0 Å². The van der Waals surface area contributed by atoms with Crippen LogP contribution in [0.15, 0.2) is 0 Å². The van der Waals surface area contributed by atoms with Crippen LogP contribution in [0.4, 0.5) is 4.79 Å². The largest absolute Gasteiger partial charge is 0.481 e. The van der Waals surface area contributed by atoms with Crippen LogP contribution in [0.1, 0.15) is 19.8 Å². The molecule has 2 saturated heterocycles. The maximum absolute atomic E-state index is 12.4. The van der Waals surface area contributed by atoms with Gasteiger partial charge >= 0.3 is 12.0 Å². The third-order valence-corrected chi connectivity index (χ3v) is 3.79. The van der Waals surface area contributed by atoms with Gasteiger partial charge in [0.1, 0.15) is 6.04 Å². The number of carboxylic acids is 1. The van der Waals surface area contributed by atoms with E-state index in [0.717, 1.165) is 0 Å². The molecule has 2 fully saturated rings. The van der Waals surface area contributed by atoms with Crippen molar-refractivity contribution in [2.24, 2.45) is 5.92 Å². The summed E-state index contributed by atoms with van der Waals surface area (Å²) in [5.74, 6) is -1.51. The highest BCUT2D eigenvalue weighted by Crippen LogP contribution is 2.19. The van der Waals surface area contributed by atoms with E-state index >= 15 is 0 Å². The van der Waals surface area contributed by atoms with E-state index in [-0.39, 0.29) is 18.5 Å². The third kappa shape index (κ3) is 2.80. The first-order valence-corrected chi connectivity index (χ1v) is 6.56.